The van der Waals surface area contributed by atoms with Crippen LogP contribution in [0.15, 0.2) is 30.3 Å². The summed E-state index contributed by atoms with van der Waals surface area (Å²) in [5.41, 5.74) is 1.18. The minimum atomic E-state index is 0.0828. The molecule has 1 N–H and O–H groups in total. The van der Waals surface area contributed by atoms with Crippen LogP contribution in [0.3, 0.4) is 0 Å². The van der Waals surface area contributed by atoms with Crippen molar-refractivity contribution in [2.24, 2.45) is 5.92 Å². The molecule has 0 heterocycles. The lowest BCUT2D eigenvalue weighted by Gasteiger charge is -2.18. The molecule has 0 fully saturated rings. The number of hydrogen-bond acceptors (Lipinski definition) is 3. The maximum Gasteiger partial charge on any atom is 0.0720 e. The molecule has 0 spiro atoms. The van der Waals surface area contributed by atoms with E-state index in [2.05, 4.69) is 25.1 Å². The first-order valence-electron chi connectivity index (χ1n) is 6.93. The van der Waals surface area contributed by atoms with E-state index in [0.29, 0.717) is 13.0 Å². The van der Waals surface area contributed by atoms with Gasteiger partial charge in [-0.25, -0.2) is 0 Å². The van der Waals surface area contributed by atoms with Crippen molar-refractivity contribution in [1.82, 2.24) is 0 Å². The van der Waals surface area contributed by atoms with Gasteiger partial charge < -0.3 is 9.84 Å². The summed E-state index contributed by atoms with van der Waals surface area (Å²) in [7, 11) is 0. The van der Waals surface area contributed by atoms with Gasteiger partial charge in [-0.05, 0) is 30.7 Å². The molecule has 0 aliphatic carbocycles. The molecule has 0 saturated carbocycles. The third-order valence-corrected chi connectivity index (χ3v) is 3.32. The zero-order valence-electron chi connectivity index (χ0n) is 11.6. The maximum absolute atomic E-state index is 9.16. The van der Waals surface area contributed by atoms with E-state index in [4.69, 9.17) is 15.1 Å². The summed E-state index contributed by atoms with van der Waals surface area (Å²) >= 11 is 0. The average molecular weight is 261 g/mol. The Morgan fingerprint density at radius 2 is 2.00 bits per heavy atom. The van der Waals surface area contributed by atoms with Crippen molar-refractivity contribution < 1.29 is 9.84 Å². The molecule has 19 heavy (non-hydrogen) atoms. The van der Waals surface area contributed by atoms with Gasteiger partial charge in [0.05, 0.1) is 18.8 Å². The van der Waals surface area contributed by atoms with E-state index in [1.54, 1.807) is 0 Å². The zero-order chi connectivity index (χ0) is 13.9. The first kappa shape index (κ1) is 15.7. The van der Waals surface area contributed by atoms with E-state index in [9.17, 15) is 0 Å². The Morgan fingerprint density at radius 1 is 1.26 bits per heavy atom. The van der Waals surface area contributed by atoms with Gasteiger partial charge in [0.15, 0.2) is 0 Å². The minimum absolute atomic E-state index is 0.0828. The molecule has 1 aromatic carbocycles. The number of ether oxygens (including phenoxy) is 1. The summed E-state index contributed by atoms with van der Waals surface area (Å²) in [5, 5.41) is 17.8. The molecule has 0 bridgehead atoms. The molecular weight excluding hydrogens is 238 g/mol. The highest BCUT2D eigenvalue weighted by atomic mass is 16.5. The van der Waals surface area contributed by atoms with Crippen LogP contribution in [0.4, 0.5) is 0 Å². The van der Waals surface area contributed by atoms with Gasteiger partial charge in [0.25, 0.3) is 0 Å². The van der Waals surface area contributed by atoms with E-state index in [0.717, 1.165) is 19.3 Å². The highest BCUT2D eigenvalue weighted by Gasteiger charge is 2.12. The van der Waals surface area contributed by atoms with Crippen LogP contribution in [0.2, 0.25) is 0 Å². The Bertz CT molecular complexity index is 372. The van der Waals surface area contributed by atoms with Gasteiger partial charge in [0.2, 0.25) is 0 Å². The molecule has 3 heteroatoms. The second kappa shape index (κ2) is 9.55. The molecule has 2 atom stereocenters. The lowest BCUT2D eigenvalue weighted by Crippen LogP contribution is -2.15. The smallest absolute Gasteiger partial charge is 0.0720 e. The van der Waals surface area contributed by atoms with Crippen molar-refractivity contribution >= 4 is 0 Å². The lowest BCUT2D eigenvalue weighted by atomic mass is 9.98. The molecule has 0 saturated heterocycles. The monoisotopic (exact) mass is 261 g/mol. The number of aliphatic hydroxyl groups excluding tert-OH is 1. The summed E-state index contributed by atoms with van der Waals surface area (Å²) in [6.07, 6.45) is 3.32. The van der Waals surface area contributed by atoms with Crippen molar-refractivity contribution in [3.63, 3.8) is 0 Å². The van der Waals surface area contributed by atoms with Crippen LogP contribution in [0.1, 0.15) is 38.2 Å². The van der Waals surface area contributed by atoms with Gasteiger partial charge in [0.1, 0.15) is 0 Å². The third-order valence-electron chi connectivity index (χ3n) is 3.32. The topological polar surface area (TPSA) is 53.2 Å². The Balaban J connectivity index is 2.31. The summed E-state index contributed by atoms with van der Waals surface area (Å²) in [6, 6.07) is 12.2. The van der Waals surface area contributed by atoms with Gasteiger partial charge >= 0.3 is 0 Å². The minimum Gasteiger partial charge on any atom is -0.396 e. The number of aliphatic hydroxyl groups is 1. The Hall–Kier alpha value is -1.37. The SMILES string of the molecule is CCC(CCC(CO)CC#N)OCc1ccccc1. The van der Waals surface area contributed by atoms with Crippen LogP contribution < -0.4 is 0 Å². The van der Waals surface area contributed by atoms with Crippen molar-refractivity contribution in [1.29, 1.82) is 5.26 Å². The van der Waals surface area contributed by atoms with Crippen LogP contribution in [0.5, 0.6) is 0 Å². The number of hydrogen-bond donors (Lipinski definition) is 1. The quantitative estimate of drug-likeness (QED) is 0.742. The Labute approximate surface area is 115 Å². The Morgan fingerprint density at radius 3 is 2.58 bits per heavy atom. The van der Waals surface area contributed by atoms with Crippen LogP contribution in [0, 0.1) is 17.2 Å². The lowest BCUT2D eigenvalue weighted by molar-refractivity contribution is 0.0267. The number of benzene rings is 1. The molecule has 0 amide bonds. The molecule has 3 nitrogen and oxygen atoms in total. The largest absolute Gasteiger partial charge is 0.396 e. The molecule has 2 unspecified atom stereocenters. The maximum atomic E-state index is 9.16. The van der Waals surface area contributed by atoms with Crippen molar-refractivity contribution in [3.8, 4) is 6.07 Å². The van der Waals surface area contributed by atoms with Gasteiger partial charge in [-0.15, -0.1) is 0 Å². The highest BCUT2D eigenvalue weighted by molar-refractivity contribution is 5.13. The van der Waals surface area contributed by atoms with Crippen molar-refractivity contribution in [2.75, 3.05) is 6.61 Å². The third kappa shape index (κ3) is 6.37. The van der Waals surface area contributed by atoms with Gasteiger partial charge in [0, 0.05) is 13.0 Å². The summed E-state index contributed by atoms with van der Waals surface area (Å²) in [4.78, 5) is 0. The fraction of sp³-hybridized carbons (Fsp3) is 0.562. The van der Waals surface area contributed by atoms with Crippen LogP contribution in [-0.2, 0) is 11.3 Å². The first-order chi connectivity index (χ1) is 9.30. The summed E-state index contributed by atoms with van der Waals surface area (Å²) < 4.78 is 5.89. The van der Waals surface area contributed by atoms with Gasteiger partial charge in [-0.1, -0.05) is 37.3 Å². The Kier molecular flexibility index (Phi) is 7.88. The molecule has 104 valence electrons. The number of nitrogens with zero attached hydrogens (tertiary/aromatic N) is 1. The fourth-order valence-corrected chi connectivity index (χ4v) is 2.00. The van der Waals surface area contributed by atoms with Gasteiger partial charge in [-0.2, -0.15) is 5.26 Å². The highest BCUT2D eigenvalue weighted by Crippen LogP contribution is 2.16. The van der Waals surface area contributed by atoms with E-state index >= 15 is 0 Å². The van der Waals surface area contributed by atoms with Crippen LogP contribution >= 0.6 is 0 Å². The summed E-state index contributed by atoms with van der Waals surface area (Å²) in [6.45, 7) is 2.82. The average Bonchev–Trinajstić information content (AvgIpc) is 2.47. The van der Waals surface area contributed by atoms with E-state index in [-0.39, 0.29) is 18.6 Å². The van der Waals surface area contributed by atoms with Crippen LogP contribution in [0.25, 0.3) is 0 Å². The van der Waals surface area contributed by atoms with Crippen molar-refractivity contribution in [2.45, 2.75) is 45.3 Å². The first-order valence-corrected chi connectivity index (χ1v) is 6.93. The molecule has 1 aromatic rings. The van der Waals surface area contributed by atoms with Crippen LogP contribution in [-0.4, -0.2) is 17.8 Å². The predicted octanol–water partition coefficient (Wildman–Crippen LogP) is 3.28. The predicted molar refractivity (Wildman–Crippen MR) is 75.3 cm³/mol. The molecule has 0 aromatic heterocycles. The number of rotatable bonds is 9. The molecule has 0 aliphatic heterocycles. The number of nitriles is 1. The van der Waals surface area contributed by atoms with E-state index in [1.165, 1.54) is 5.56 Å². The van der Waals surface area contributed by atoms with E-state index < -0.39 is 0 Å². The zero-order valence-corrected chi connectivity index (χ0v) is 11.6. The van der Waals surface area contributed by atoms with Crippen molar-refractivity contribution in [3.05, 3.63) is 35.9 Å². The van der Waals surface area contributed by atoms with E-state index in [1.807, 2.05) is 18.2 Å². The second-order valence-corrected chi connectivity index (χ2v) is 4.82. The normalized spacial score (nSPS) is 13.7. The van der Waals surface area contributed by atoms with Gasteiger partial charge in [-0.3, -0.25) is 0 Å². The molecular formula is C16H23NO2. The fourth-order valence-electron chi connectivity index (χ4n) is 2.00. The summed E-state index contributed by atoms with van der Waals surface area (Å²) in [5.74, 6) is 0.0828. The standard InChI is InChI=1S/C16H23NO2/c1-2-16(9-8-14(12-18)10-11-17)19-13-15-6-4-3-5-7-15/h3-7,14,16,18H,2,8-10,12-13H2,1H3. The molecule has 0 radical (unpaired) electrons. The second-order valence-electron chi connectivity index (χ2n) is 4.82. The molecule has 0 aliphatic rings. The molecule has 1 rings (SSSR count).